The Bertz CT molecular complexity index is 857. The zero-order valence-corrected chi connectivity index (χ0v) is 14.6. The van der Waals surface area contributed by atoms with Crippen LogP contribution in [0.3, 0.4) is 0 Å². The van der Waals surface area contributed by atoms with E-state index in [0.717, 1.165) is 0 Å². The summed E-state index contributed by atoms with van der Waals surface area (Å²) in [4.78, 5) is 39.9. The molecule has 8 nitrogen and oxygen atoms in total. The lowest BCUT2D eigenvalue weighted by atomic mass is 10.1. The third-order valence-electron chi connectivity index (χ3n) is 4.06. The molecule has 0 bridgehead atoms. The number of carboxylic acid groups (broad SMARTS) is 1. The van der Waals surface area contributed by atoms with E-state index in [2.05, 4.69) is 10.3 Å². The predicted molar refractivity (Wildman–Crippen MR) is 95.2 cm³/mol. The Morgan fingerprint density at radius 3 is 2.35 bits per heavy atom. The summed E-state index contributed by atoms with van der Waals surface area (Å²) >= 11 is 0. The zero-order valence-electron chi connectivity index (χ0n) is 14.6. The number of benzene rings is 1. The minimum atomic E-state index is -1.26. The van der Waals surface area contributed by atoms with Gasteiger partial charge in [-0.2, -0.15) is 4.98 Å². The van der Waals surface area contributed by atoms with Crippen molar-refractivity contribution < 1.29 is 19.8 Å². The number of aliphatic carboxylic acids is 1. The Balaban J connectivity index is 2.67. The molecule has 0 aliphatic carbocycles. The van der Waals surface area contributed by atoms with Crippen LogP contribution in [0.5, 0.6) is 5.88 Å². The first-order chi connectivity index (χ1) is 12.4. The van der Waals surface area contributed by atoms with Crippen molar-refractivity contribution in [3.05, 3.63) is 46.2 Å². The van der Waals surface area contributed by atoms with Crippen LogP contribution in [-0.2, 0) is 4.79 Å². The van der Waals surface area contributed by atoms with E-state index in [1.807, 2.05) is 19.9 Å². The highest BCUT2D eigenvalue weighted by Crippen LogP contribution is 2.25. The number of carbonyl (C=O) groups excluding carboxylic acids is 1. The molecule has 1 aromatic carbocycles. The summed E-state index contributed by atoms with van der Waals surface area (Å²) in [7, 11) is 0. The highest BCUT2D eigenvalue weighted by atomic mass is 16.4. The quantitative estimate of drug-likeness (QED) is 0.693. The maximum absolute atomic E-state index is 13.0. The summed E-state index contributed by atoms with van der Waals surface area (Å²) in [5.74, 6) is -2.69. The molecule has 138 valence electrons. The van der Waals surface area contributed by atoms with Gasteiger partial charge in [0.1, 0.15) is 12.4 Å². The number of carboxylic acids is 1. The predicted octanol–water partition coefficient (Wildman–Crippen LogP) is 1.79. The van der Waals surface area contributed by atoms with Crippen molar-refractivity contribution in [3.63, 3.8) is 0 Å². The summed E-state index contributed by atoms with van der Waals surface area (Å²) in [6.07, 6.45) is 1.25. The molecule has 3 N–H and O–H groups in total. The number of hydrogen-bond donors (Lipinski definition) is 3. The molecule has 1 amide bonds. The van der Waals surface area contributed by atoms with Crippen molar-refractivity contribution in [2.45, 2.75) is 32.7 Å². The van der Waals surface area contributed by atoms with Crippen LogP contribution in [-0.4, -0.2) is 38.2 Å². The van der Waals surface area contributed by atoms with Crippen LogP contribution in [0.2, 0.25) is 0 Å². The number of nitrogens with one attached hydrogen (secondary N) is 1. The standard InChI is InChI=1S/C18H21N3O5/c1-3-12(4-2)21-15(11-8-6-5-7-9-11)20-17(25)14(18(21)26)16(24)19-10-13(22)23/h5-9,12,25H,3-4,10H2,1-2H3,(H,19,24)(H,22,23). The average Bonchev–Trinajstić information content (AvgIpc) is 2.63. The fourth-order valence-electron chi connectivity index (χ4n) is 2.75. The van der Waals surface area contributed by atoms with Crippen molar-refractivity contribution in [1.82, 2.24) is 14.9 Å². The van der Waals surface area contributed by atoms with Gasteiger partial charge in [0.05, 0.1) is 0 Å². The summed E-state index contributed by atoms with van der Waals surface area (Å²) in [6, 6.07) is 8.66. The Morgan fingerprint density at radius 1 is 1.19 bits per heavy atom. The summed E-state index contributed by atoms with van der Waals surface area (Å²) in [6.45, 7) is 3.15. The molecule has 0 spiro atoms. The Labute approximate surface area is 150 Å². The summed E-state index contributed by atoms with van der Waals surface area (Å²) in [5.41, 5.74) is -0.630. The van der Waals surface area contributed by atoms with Gasteiger partial charge in [0, 0.05) is 11.6 Å². The molecule has 0 atom stereocenters. The minimum absolute atomic E-state index is 0.225. The van der Waals surface area contributed by atoms with Gasteiger partial charge < -0.3 is 15.5 Å². The molecule has 0 saturated carbocycles. The second-order valence-electron chi connectivity index (χ2n) is 5.72. The smallest absolute Gasteiger partial charge is 0.322 e. The highest BCUT2D eigenvalue weighted by molar-refractivity contribution is 5.97. The molecule has 8 heteroatoms. The second kappa shape index (κ2) is 8.28. The highest BCUT2D eigenvalue weighted by Gasteiger charge is 2.25. The van der Waals surface area contributed by atoms with Crippen LogP contribution in [0.15, 0.2) is 35.1 Å². The van der Waals surface area contributed by atoms with Gasteiger partial charge in [0.15, 0.2) is 5.56 Å². The van der Waals surface area contributed by atoms with Crippen LogP contribution >= 0.6 is 0 Å². The number of aromatic nitrogens is 2. The van der Waals surface area contributed by atoms with Crippen molar-refractivity contribution in [2.75, 3.05) is 6.54 Å². The van der Waals surface area contributed by atoms with Crippen LogP contribution in [0.25, 0.3) is 11.4 Å². The number of aromatic hydroxyl groups is 1. The molecular formula is C18H21N3O5. The molecule has 0 radical (unpaired) electrons. The van der Waals surface area contributed by atoms with E-state index in [4.69, 9.17) is 5.11 Å². The molecule has 1 aromatic heterocycles. The molecule has 26 heavy (non-hydrogen) atoms. The molecule has 2 rings (SSSR count). The van der Waals surface area contributed by atoms with Crippen molar-refractivity contribution >= 4 is 11.9 Å². The maximum atomic E-state index is 13.0. The minimum Gasteiger partial charge on any atom is -0.493 e. The van der Waals surface area contributed by atoms with E-state index >= 15 is 0 Å². The van der Waals surface area contributed by atoms with E-state index < -0.39 is 35.4 Å². The number of carbonyl (C=O) groups is 2. The monoisotopic (exact) mass is 359 g/mol. The van der Waals surface area contributed by atoms with Crippen LogP contribution in [0.4, 0.5) is 0 Å². The molecular weight excluding hydrogens is 338 g/mol. The molecule has 0 unspecified atom stereocenters. The first-order valence-electron chi connectivity index (χ1n) is 8.31. The van der Waals surface area contributed by atoms with Gasteiger partial charge in [-0.15, -0.1) is 0 Å². The number of nitrogens with zero attached hydrogens (tertiary/aromatic N) is 2. The lowest BCUT2D eigenvalue weighted by Crippen LogP contribution is -2.37. The number of amides is 1. The van der Waals surface area contributed by atoms with E-state index in [1.54, 1.807) is 24.3 Å². The number of rotatable bonds is 7. The van der Waals surface area contributed by atoms with E-state index in [0.29, 0.717) is 18.4 Å². The Kier molecular flexibility index (Phi) is 6.11. The largest absolute Gasteiger partial charge is 0.493 e. The third kappa shape index (κ3) is 3.90. The lowest BCUT2D eigenvalue weighted by Gasteiger charge is -2.21. The maximum Gasteiger partial charge on any atom is 0.322 e. The van der Waals surface area contributed by atoms with E-state index in [1.165, 1.54) is 4.57 Å². The average molecular weight is 359 g/mol. The van der Waals surface area contributed by atoms with Gasteiger partial charge in [-0.1, -0.05) is 44.2 Å². The first kappa shape index (κ1) is 19.2. The van der Waals surface area contributed by atoms with Crippen molar-refractivity contribution in [3.8, 4) is 17.3 Å². The zero-order chi connectivity index (χ0) is 19.3. The van der Waals surface area contributed by atoms with Crippen LogP contribution < -0.4 is 10.9 Å². The topological polar surface area (TPSA) is 122 Å². The van der Waals surface area contributed by atoms with E-state index in [-0.39, 0.29) is 11.9 Å². The van der Waals surface area contributed by atoms with Gasteiger partial charge in [0.2, 0.25) is 5.88 Å². The normalized spacial score (nSPS) is 10.7. The summed E-state index contributed by atoms with van der Waals surface area (Å²) < 4.78 is 1.39. The summed E-state index contributed by atoms with van der Waals surface area (Å²) in [5, 5.41) is 21.0. The lowest BCUT2D eigenvalue weighted by molar-refractivity contribution is -0.135. The Morgan fingerprint density at radius 2 is 1.81 bits per heavy atom. The van der Waals surface area contributed by atoms with Gasteiger partial charge in [0.25, 0.3) is 11.5 Å². The van der Waals surface area contributed by atoms with E-state index in [9.17, 15) is 19.5 Å². The SMILES string of the molecule is CCC(CC)n1c(-c2ccccc2)nc(O)c(C(=O)NCC(=O)O)c1=O. The molecule has 0 fully saturated rings. The van der Waals surface area contributed by atoms with Crippen LogP contribution in [0.1, 0.15) is 43.1 Å². The molecule has 1 heterocycles. The molecule has 0 aliphatic rings. The Hall–Kier alpha value is -3.16. The van der Waals surface area contributed by atoms with Crippen molar-refractivity contribution in [1.29, 1.82) is 0 Å². The second-order valence-corrected chi connectivity index (χ2v) is 5.72. The first-order valence-corrected chi connectivity index (χ1v) is 8.31. The van der Waals surface area contributed by atoms with Gasteiger partial charge in [-0.05, 0) is 12.8 Å². The third-order valence-corrected chi connectivity index (χ3v) is 4.06. The molecule has 2 aromatic rings. The fourth-order valence-corrected chi connectivity index (χ4v) is 2.75. The number of hydrogen-bond acceptors (Lipinski definition) is 5. The molecule has 0 saturated heterocycles. The molecule has 0 aliphatic heterocycles. The van der Waals surface area contributed by atoms with Gasteiger partial charge >= 0.3 is 5.97 Å². The van der Waals surface area contributed by atoms with Crippen molar-refractivity contribution in [2.24, 2.45) is 0 Å². The van der Waals surface area contributed by atoms with Crippen LogP contribution in [0, 0.1) is 0 Å². The fraction of sp³-hybridized carbons (Fsp3) is 0.333. The van der Waals surface area contributed by atoms with Gasteiger partial charge in [-0.25, -0.2) is 0 Å². The van der Waals surface area contributed by atoms with Gasteiger partial charge in [-0.3, -0.25) is 19.0 Å².